The Bertz CT molecular complexity index is 665. The number of guanidine groups is 1. The molecule has 0 saturated carbocycles. The molecule has 2 aromatic rings. The second-order valence-electron chi connectivity index (χ2n) is 4.63. The van der Waals surface area contributed by atoms with Crippen molar-refractivity contribution < 1.29 is 22.6 Å². The van der Waals surface area contributed by atoms with Crippen molar-refractivity contribution in [2.24, 2.45) is 10.7 Å². The highest BCUT2D eigenvalue weighted by Crippen LogP contribution is 2.23. The van der Waals surface area contributed by atoms with Gasteiger partial charge < -0.3 is 20.5 Å². The molecule has 0 aliphatic carbocycles. The smallest absolute Gasteiger partial charge is 0.492 e. The predicted octanol–water partition coefficient (Wildman–Crippen LogP) is 4.01. The van der Waals surface area contributed by atoms with Crippen LogP contribution in [0.2, 0.25) is 0 Å². The van der Waals surface area contributed by atoms with Crippen molar-refractivity contribution in [3.05, 3.63) is 54.6 Å². The van der Waals surface area contributed by atoms with Crippen molar-refractivity contribution in [3.63, 3.8) is 0 Å². The Labute approximate surface area is 160 Å². The number of halogens is 4. The summed E-state index contributed by atoms with van der Waals surface area (Å²) in [5, 5.41) is 2.77. The molecular weight excluding hydrogens is 450 g/mol. The Balaban J connectivity index is 0.00000312. The Morgan fingerprint density at radius 2 is 1.64 bits per heavy atom. The topological polar surface area (TPSA) is 68.9 Å². The van der Waals surface area contributed by atoms with Gasteiger partial charge >= 0.3 is 6.36 Å². The number of nitrogens with two attached hydrogens (primary N) is 1. The van der Waals surface area contributed by atoms with E-state index in [9.17, 15) is 13.2 Å². The summed E-state index contributed by atoms with van der Waals surface area (Å²) in [4.78, 5) is 4.06. The molecule has 0 aliphatic heterocycles. The zero-order valence-electron chi connectivity index (χ0n) is 13.0. The van der Waals surface area contributed by atoms with Crippen LogP contribution in [0.15, 0.2) is 59.6 Å². The normalized spacial score (nSPS) is 11.4. The fourth-order valence-corrected chi connectivity index (χ4v) is 1.77. The quantitative estimate of drug-likeness (QED) is 0.292. The number of benzene rings is 2. The van der Waals surface area contributed by atoms with Gasteiger partial charge in [0.15, 0.2) is 5.96 Å². The average Bonchev–Trinajstić information content (AvgIpc) is 2.53. The highest BCUT2D eigenvalue weighted by Gasteiger charge is 2.30. The maximum absolute atomic E-state index is 12.1. The lowest BCUT2D eigenvalue weighted by Crippen LogP contribution is -2.23. The standard InChI is InChI=1S/C16H16F3N3O2.HI/c17-16(18,19)24-14-8-6-12(7-9-14)22-15(20)21-10-11-23-13-4-2-1-3-5-13;/h1-9H,10-11H2,(H3,20,21,22);1H. The van der Waals surface area contributed by atoms with Crippen LogP contribution in [0.5, 0.6) is 11.5 Å². The van der Waals surface area contributed by atoms with Crippen molar-refractivity contribution in [1.29, 1.82) is 0 Å². The molecule has 0 bridgehead atoms. The van der Waals surface area contributed by atoms with Crippen molar-refractivity contribution in [3.8, 4) is 11.5 Å². The highest BCUT2D eigenvalue weighted by atomic mass is 127. The number of hydrogen-bond acceptors (Lipinski definition) is 3. The number of alkyl halides is 3. The zero-order chi connectivity index (χ0) is 17.4. The van der Waals surface area contributed by atoms with Crippen LogP contribution in [0.1, 0.15) is 0 Å². The minimum atomic E-state index is -4.71. The van der Waals surface area contributed by atoms with Gasteiger partial charge in [0.1, 0.15) is 18.1 Å². The van der Waals surface area contributed by atoms with Crippen LogP contribution in [0, 0.1) is 0 Å². The minimum absolute atomic E-state index is 0. The van der Waals surface area contributed by atoms with E-state index in [2.05, 4.69) is 15.0 Å². The molecule has 0 unspecified atom stereocenters. The van der Waals surface area contributed by atoms with Crippen LogP contribution in [0.4, 0.5) is 18.9 Å². The van der Waals surface area contributed by atoms with Crippen LogP contribution in [-0.4, -0.2) is 25.5 Å². The van der Waals surface area contributed by atoms with Crippen LogP contribution >= 0.6 is 24.0 Å². The molecule has 0 fully saturated rings. The van der Waals surface area contributed by atoms with Gasteiger partial charge in [0, 0.05) is 5.69 Å². The van der Waals surface area contributed by atoms with E-state index in [-0.39, 0.29) is 35.7 Å². The summed E-state index contributed by atoms with van der Waals surface area (Å²) in [5.41, 5.74) is 6.19. The zero-order valence-corrected chi connectivity index (χ0v) is 15.3. The molecule has 5 nitrogen and oxygen atoms in total. The molecule has 2 aromatic carbocycles. The van der Waals surface area contributed by atoms with Crippen LogP contribution in [0.25, 0.3) is 0 Å². The summed E-state index contributed by atoms with van der Waals surface area (Å²) in [6.45, 7) is 0.688. The van der Waals surface area contributed by atoms with E-state index < -0.39 is 6.36 Å². The number of rotatable bonds is 6. The molecule has 0 spiro atoms. The number of anilines is 1. The third-order valence-corrected chi connectivity index (χ3v) is 2.75. The molecule has 0 saturated heterocycles. The lowest BCUT2D eigenvalue weighted by Gasteiger charge is -2.10. The molecule has 3 N–H and O–H groups in total. The number of nitrogens with zero attached hydrogens (tertiary/aromatic N) is 1. The van der Waals surface area contributed by atoms with Crippen molar-refractivity contribution in [1.82, 2.24) is 0 Å². The first-order chi connectivity index (χ1) is 11.4. The molecule has 0 heterocycles. The number of nitrogens with one attached hydrogen (secondary N) is 1. The molecule has 0 atom stereocenters. The predicted molar refractivity (Wildman–Crippen MR) is 101 cm³/mol. The molecule has 25 heavy (non-hydrogen) atoms. The fraction of sp³-hybridized carbons (Fsp3) is 0.188. The second kappa shape index (κ2) is 9.97. The van der Waals surface area contributed by atoms with Crippen LogP contribution < -0.4 is 20.5 Å². The lowest BCUT2D eigenvalue weighted by atomic mass is 10.3. The molecule has 0 amide bonds. The number of hydrogen-bond donors (Lipinski definition) is 2. The van der Waals surface area contributed by atoms with E-state index in [1.807, 2.05) is 30.3 Å². The second-order valence-corrected chi connectivity index (χ2v) is 4.63. The largest absolute Gasteiger partial charge is 0.573 e. The maximum Gasteiger partial charge on any atom is 0.573 e. The first kappa shape index (κ1) is 20.9. The number of aliphatic imine (C=N–C) groups is 1. The van der Waals surface area contributed by atoms with Gasteiger partial charge in [-0.25, -0.2) is 4.99 Å². The molecule has 136 valence electrons. The summed E-state index contributed by atoms with van der Waals surface area (Å²) < 4.78 is 45.4. The maximum atomic E-state index is 12.1. The van der Waals surface area contributed by atoms with Crippen molar-refractivity contribution in [2.75, 3.05) is 18.5 Å². The summed E-state index contributed by atoms with van der Waals surface area (Å²) >= 11 is 0. The third kappa shape index (κ3) is 8.47. The summed E-state index contributed by atoms with van der Waals surface area (Å²) in [6.07, 6.45) is -4.71. The Morgan fingerprint density at radius 1 is 1.00 bits per heavy atom. The summed E-state index contributed by atoms with van der Waals surface area (Å²) in [5.74, 6) is 0.565. The minimum Gasteiger partial charge on any atom is -0.492 e. The van der Waals surface area contributed by atoms with Gasteiger partial charge in [-0.1, -0.05) is 18.2 Å². The number of ether oxygens (including phenoxy) is 2. The first-order valence-corrected chi connectivity index (χ1v) is 7.03. The molecular formula is C16H17F3IN3O2. The van der Waals surface area contributed by atoms with Gasteiger partial charge in [-0.2, -0.15) is 0 Å². The Hall–Kier alpha value is -2.17. The lowest BCUT2D eigenvalue weighted by molar-refractivity contribution is -0.274. The number of para-hydroxylation sites is 1. The molecule has 9 heteroatoms. The van der Waals surface area contributed by atoms with E-state index in [0.29, 0.717) is 18.8 Å². The molecule has 0 aromatic heterocycles. The van der Waals surface area contributed by atoms with Gasteiger partial charge in [0.05, 0.1) is 6.54 Å². The van der Waals surface area contributed by atoms with Crippen molar-refractivity contribution in [2.45, 2.75) is 6.36 Å². The van der Waals surface area contributed by atoms with E-state index in [1.54, 1.807) is 0 Å². The highest BCUT2D eigenvalue weighted by molar-refractivity contribution is 14.0. The SMILES string of the molecule is I.NC(=NCCOc1ccccc1)Nc1ccc(OC(F)(F)F)cc1. The molecule has 0 aliphatic rings. The van der Waals surface area contributed by atoms with E-state index >= 15 is 0 Å². The van der Waals surface area contributed by atoms with Gasteiger partial charge in [0.2, 0.25) is 0 Å². The van der Waals surface area contributed by atoms with E-state index in [0.717, 1.165) is 5.75 Å². The van der Waals surface area contributed by atoms with E-state index in [1.165, 1.54) is 24.3 Å². The Kier molecular flexibility index (Phi) is 8.32. The van der Waals surface area contributed by atoms with Crippen molar-refractivity contribution >= 4 is 35.6 Å². The van der Waals surface area contributed by atoms with E-state index in [4.69, 9.17) is 10.5 Å². The molecule has 0 radical (unpaired) electrons. The monoisotopic (exact) mass is 467 g/mol. The Morgan fingerprint density at radius 3 is 2.24 bits per heavy atom. The van der Waals surface area contributed by atoms with Crippen LogP contribution in [-0.2, 0) is 0 Å². The van der Waals surface area contributed by atoms with Gasteiger partial charge in [0.25, 0.3) is 0 Å². The van der Waals surface area contributed by atoms with Crippen LogP contribution in [0.3, 0.4) is 0 Å². The van der Waals surface area contributed by atoms with Gasteiger partial charge in [-0.15, -0.1) is 37.1 Å². The fourth-order valence-electron chi connectivity index (χ4n) is 1.77. The van der Waals surface area contributed by atoms with Gasteiger partial charge in [-0.05, 0) is 36.4 Å². The van der Waals surface area contributed by atoms with Gasteiger partial charge in [-0.3, -0.25) is 0 Å². The summed E-state index contributed by atoms with van der Waals surface area (Å²) in [7, 11) is 0. The average molecular weight is 467 g/mol. The third-order valence-electron chi connectivity index (χ3n) is 2.75. The first-order valence-electron chi connectivity index (χ1n) is 7.03. The summed E-state index contributed by atoms with van der Waals surface area (Å²) in [6, 6.07) is 14.4. The molecule has 2 rings (SSSR count).